The van der Waals surface area contributed by atoms with Crippen molar-refractivity contribution < 1.29 is 14.4 Å². The van der Waals surface area contributed by atoms with Crippen LogP contribution in [0.4, 0.5) is 0 Å². The van der Waals surface area contributed by atoms with Gasteiger partial charge in [-0.3, -0.25) is 19.7 Å². The molecule has 0 aromatic heterocycles. The summed E-state index contributed by atoms with van der Waals surface area (Å²) in [5.41, 5.74) is 2.71. The largest absolute Gasteiger partial charge is 0.322 e. The Balaban J connectivity index is 1.41. The minimum absolute atomic E-state index is 0.113. The average Bonchev–Trinajstić information content (AvgIpc) is 3.25. The highest BCUT2D eigenvalue weighted by molar-refractivity contribution is 6.05. The van der Waals surface area contributed by atoms with Gasteiger partial charge in [0.1, 0.15) is 6.04 Å². The second-order valence-corrected chi connectivity index (χ2v) is 8.09. The molecule has 0 spiro atoms. The van der Waals surface area contributed by atoms with Crippen LogP contribution in [0.3, 0.4) is 0 Å². The molecule has 150 valence electrons. The number of carbonyl (C=O) groups is 3. The molecule has 1 aromatic rings. The number of rotatable bonds is 6. The van der Waals surface area contributed by atoms with Crippen LogP contribution in [0.2, 0.25) is 0 Å². The SMILES string of the molecule is CCC[C@@H]1CNC[C@@H]1NCc1ccc2c(c1)C(=O)N(C1CCC(=O)NC1=O)C2. The lowest BCUT2D eigenvalue weighted by Crippen LogP contribution is -2.52. The van der Waals surface area contributed by atoms with Crippen molar-refractivity contribution in [3.8, 4) is 0 Å². The molecular formula is C21H28N4O3. The molecule has 3 amide bonds. The minimum atomic E-state index is -0.557. The van der Waals surface area contributed by atoms with E-state index in [2.05, 4.69) is 28.9 Å². The lowest BCUT2D eigenvalue weighted by molar-refractivity contribution is -0.136. The summed E-state index contributed by atoms with van der Waals surface area (Å²) < 4.78 is 0. The summed E-state index contributed by atoms with van der Waals surface area (Å²) in [6.45, 7) is 5.42. The van der Waals surface area contributed by atoms with E-state index in [0.717, 1.165) is 30.8 Å². The number of amides is 3. The highest BCUT2D eigenvalue weighted by Crippen LogP contribution is 2.28. The van der Waals surface area contributed by atoms with Gasteiger partial charge in [-0.1, -0.05) is 25.5 Å². The molecule has 3 aliphatic rings. The van der Waals surface area contributed by atoms with Crippen LogP contribution in [0.1, 0.15) is 54.1 Å². The summed E-state index contributed by atoms with van der Waals surface area (Å²) in [6.07, 6.45) is 3.08. The molecule has 3 atom stereocenters. The molecule has 0 radical (unpaired) electrons. The summed E-state index contributed by atoms with van der Waals surface area (Å²) >= 11 is 0. The molecule has 3 heterocycles. The maximum Gasteiger partial charge on any atom is 0.255 e. The molecule has 28 heavy (non-hydrogen) atoms. The molecule has 0 bridgehead atoms. The quantitative estimate of drug-likeness (QED) is 0.635. The first kappa shape index (κ1) is 19.1. The number of piperidine rings is 1. The first-order chi connectivity index (χ1) is 13.6. The number of nitrogens with zero attached hydrogens (tertiary/aromatic N) is 1. The topological polar surface area (TPSA) is 90.5 Å². The van der Waals surface area contributed by atoms with E-state index >= 15 is 0 Å². The van der Waals surface area contributed by atoms with Gasteiger partial charge in [-0.25, -0.2) is 0 Å². The highest BCUT2D eigenvalue weighted by Gasteiger charge is 2.39. The molecule has 3 aliphatic heterocycles. The molecule has 0 saturated carbocycles. The normalized spacial score (nSPS) is 27.2. The standard InChI is InChI=1S/C21H28N4O3/c1-2-3-14-10-22-11-17(14)23-9-13-4-5-15-12-25(21(28)16(15)8-13)18-6-7-19(26)24-20(18)27/h4-5,8,14,17-18,22-23H,2-3,6-7,9-12H2,1H3,(H,24,26,27)/t14-,17+,18?/m1/s1. The predicted octanol–water partition coefficient (Wildman–Crippen LogP) is 0.925. The van der Waals surface area contributed by atoms with Crippen LogP contribution in [0.15, 0.2) is 18.2 Å². The molecule has 7 nitrogen and oxygen atoms in total. The summed E-state index contributed by atoms with van der Waals surface area (Å²) in [4.78, 5) is 38.0. The second kappa shape index (κ2) is 8.01. The summed E-state index contributed by atoms with van der Waals surface area (Å²) in [5.74, 6) is -0.0848. The zero-order valence-electron chi connectivity index (χ0n) is 16.3. The molecule has 4 rings (SSSR count). The van der Waals surface area contributed by atoms with Crippen LogP contribution < -0.4 is 16.0 Å². The number of carbonyl (C=O) groups excluding carboxylic acids is 3. The summed E-state index contributed by atoms with van der Waals surface area (Å²) in [5, 5.41) is 9.44. The minimum Gasteiger partial charge on any atom is -0.322 e. The Kier molecular flexibility index (Phi) is 5.46. The number of benzene rings is 1. The van der Waals surface area contributed by atoms with Gasteiger partial charge >= 0.3 is 0 Å². The van der Waals surface area contributed by atoms with Crippen molar-refractivity contribution in [3.63, 3.8) is 0 Å². The summed E-state index contributed by atoms with van der Waals surface area (Å²) in [6, 6.07) is 5.91. The van der Waals surface area contributed by atoms with Crippen molar-refractivity contribution in [1.29, 1.82) is 0 Å². The van der Waals surface area contributed by atoms with E-state index < -0.39 is 6.04 Å². The van der Waals surface area contributed by atoms with Crippen LogP contribution in [0, 0.1) is 5.92 Å². The second-order valence-electron chi connectivity index (χ2n) is 8.09. The third-order valence-electron chi connectivity index (χ3n) is 6.16. The Bertz CT molecular complexity index is 794. The van der Waals surface area contributed by atoms with Crippen molar-refractivity contribution >= 4 is 17.7 Å². The zero-order chi connectivity index (χ0) is 19.7. The maximum absolute atomic E-state index is 12.9. The fourth-order valence-electron chi connectivity index (χ4n) is 4.61. The fraction of sp³-hybridized carbons (Fsp3) is 0.571. The molecule has 1 aromatic carbocycles. The lowest BCUT2D eigenvalue weighted by atomic mass is 9.98. The van der Waals surface area contributed by atoms with E-state index in [-0.39, 0.29) is 24.1 Å². The van der Waals surface area contributed by atoms with Crippen LogP contribution >= 0.6 is 0 Å². The van der Waals surface area contributed by atoms with Gasteiger partial charge in [0.2, 0.25) is 11.8 Å². The summed E-state index contributed by atoms with van der Waals surface area (Å²) in [7, 11) is 0. The molecule has 2 saturated heterocycles. The molecule has 2 fully saturated rings. The first-order valence-corrected chi connectivity index (χ1v) is 10.3. The Morgan fingerprint density at radius 1 is 1.21 bits per heavy atom. The van der Waals surface area contributed by atoms with Gasteiger partial charge in [0, 0.05) is 37.7 Å². The lowest BCUT2D eigenvalue weighted by Gasteiger charge is -2.29. The van der Waals surface area contributed by atoms with Gasteiger partial charge in [0.15, 0.2) is 0 Å². The Morgan fingerprint density at radius 2 is 2.07 bits per heavy atom. The van der Waals surface area contributed by atoms with E-state index in [1.165, 1.54) is 12.8 Å². The van der Waals surface area contributed by atoms with E-state index in [1.54, 1.807) is 4.90 Å². The third kappa shape index (κ3) is 3.69. The Morgan fingerprint density at radius 3 is 2.86 bits per heavy atom. The Labute approximate surface area is 165 Å². The van der Waals surface area contributed by atoms with Crippen LogP contribution in [0.25, 0.3) is 0 Å². The number of nitrogens with one attached hydrogen (secondary N) is 3. The molecule has 7 heteroatoms. The maximum atomic E-state index is 12.9. The van der Waals surface area contributed by atoms with Crippen molar-refractivity contribution in [1.82, 2.24) is 20.9 Å². The monoisotopic (exact) mass is 384 g/mol. The van der Waals surface area contributed by atoms with Gasteiger partial charge in [0.05, 0.1) is 0 Å². The van der Waals surface area contributed by atoms with Crippen LogP contribution in [0.5, 0.6) is 0 Å². The average molecular weight is 384 g/mol. The van der Waals surface area contributed by atoms with Crippen molar-refractivity contribution in [3.05, 3.63) is 34.9 Å². The smallest absolute Gasteiger partial charge is 0.255 e. The van der Waals surface area contributed by atoms with Gasteiger partial charge in [-0.05, 0) is 42.5 Å². The van der Waals surface area contributed by atoms with Gasteiger partial charge in [-0.2, -0.15) is 0 Å². The predicted molar refractivity (Wildman–Crippen MR) is 104 cm³/mol. The number of imide groups is 1. The molecule has 1 unspecified atom stereocenters. The Hall–Kier alpha value is -2.25. The van der Waals surface area contributed by atoms with Crippen LogP contribution in [-0.4, -0.2) is 47.8 Å². The van der Waals surface area contributed by atoms with E-state index in [9.17, 15) is 14.4 Å². The van der Waals surface area contributed by atoms with E-state index in [4.69, 9.17) is 0 Å². The van der Waals surface area contributed by atoms with Gasteiger partial charge in [0.25, 0.3) is 5.91 Å². The molecule has 0 aliphatic carbocycles. The first-order valence-electron chi connectivity index (χ1n) is 10.3. The van der Waals surface area contributed by atoms with Crippen molar-refractivity contribution in [2.45, 2.75) is 57.8 Å². The van der Waals surface area contributed by atoms with Gasteiger partial charge in [-0.15, -0.1) is 0 Å². The van der Waals surface area contributed by atoms with Crippen molar-refractivity contribution in [2.75, 3.05) is 13.1 Å². The van der Waals surface area contributed by atoms with Crippen LogP contribution in [-0.2, 0) is 22.7 Å². The number of hydrogen-bond donors (Lipinski definition) is 3. The zero-order valence-corrected chi connectivity index (χ0v) is 16.3. The van der Waals surface area contributed by atoms with E-state index in [1.807, 2.05) is 12.1 Å². The molecular weight excluding hydrogens is 356 g/mol. The fourth-order valence-corrected chi connectivity index (χ4v) is 4.61. The van der Waals surface area contributed by atoms with Crippen molar-refractivity contribution in [2.24, 2.45) is 5.92 Å². The third-order valence-corrected chi connectivity index (χ3v) is 6.16. The molecule has 3 N–H and O–H groups in total. The number of hydrogen-bond acceptors (Lipinski definition) is 5. The number of fused-ring (bicyclic) bond motifs is 1. The highest BCUT2D eigenvalue weighted by atomic mass is 16.2. The van der Waals surface area contributed by atoms with Gasteiger partial charge < -0.3 is 15.5 Å². The van der Waals surface area contributed by atoms with E-state index in [0.29, 0.717) is 30.5 Å².